The zero-order valence-corrected chi connectivity index (χ0v) is 12.4. The van der Waals surface area contributed by atoms with E-state index >= 15 is 0 Å². The van der Waals surface area contributed by atoms with Crippen LogP contribution in [0.3, 0.4) is 0 Å². The van der Waals surface area contributed by atoms with Crippen molar-refractivity contribution in [3.05, 3.63) is 35.6 Å². The molecule has 0 saturated carbocycles. The quantitative estimate of drug-likeness (QED) is 0.801. The molecule has 0 aliphatic carbocycles. The van der Waals surface area contributed by atoms with Crippen LogP contribution in [0.15, 0.2) is 28.7 Å². The van der Waals surface area contributed by atoms with Gasteiger partial charge < -0.3 is 14.5 Å². The molecular formula is C16H21F2NO2. The monoisotopic (exact) mass is 297 g/mol. The highest BCUT2D eigenvalue weighted by molar-refractivity contribution is 5.82. The lowest BCUT2D eigenvalue weighted by Gasteiger charge is -2.08. The van der Waals surface area contributed by atoms with E-state index < -0.39 is 13.0 Å². The molecule has 0 radical (unpaired) electrons. The van der Waals surface area contributed by atoms with Gasteiger partial charge in [0.2, 0.25) is 0 Å². The van der Waals surface area contributed by atoms with Gasteiger partial charge in [0.15, 0.2) is 0 Å². The van der Waals surface area contributed by atoms with Gasteiger partial charge in [0, 0.05) is 10.9 Å². The van der Waals surface area contributed by atoms with Crippen molar-refractivity contribution in [2.45, 2.75) is 33.4 Å². The molecular weight excluding hydrogens is 276 g/mol. The fourth-order valence-electron chi connectivity index (χ4n) is 2.17. The summed E-state index contributed by atoms with van der Waals surface area (Å²) in [5.74, 6) is 1.29. The van der Waals surface area contributed by atoms with Gasteiger partial charge in [0.05, 0.1) is 13.2 Å². The van der Waals surface area contributed by atoms with Gasteiger partial charge in [-0.1, -0.05) is 32.0 Å². The summed E-state index contributed by atoms with van der Waals surface area (Å²) in [6.07, 6.45) is -2.45. The van der Waals surface area contributed by atoms with Crippen molar-refractivity contribution in [3.8, 4) is 0 Å². The van der Waals surface area contributed by atoms with Crippen LogP contribution in [0.5, 0.6) is 0 Å². The molecule has 0 unspecified atom stereocenters. The molecule has 1 heterocycles. The number of ether oxygens (including phenoxy) is 1. The standard InChI is InChI=1S/C16H21F2NO2/c1-11(2)7-19-8-15-13(9-20-10-16(17)18)12-5-3-4-6-14(12)21-15/h3-6,11,16,19H,7-10H2,1-2H3. The Morgan fingerprint density at radius 3 is 2.71 bits per heavy atom. The normalized spacial score (nSPS) is 11.9. The van der Waals surface area contributed by atoms with Crippen LogP contribution < -0.4 is 5.32 Å². The molecule has 0 aliphatic heterocycles. The summed E-state index contributed by atoms with van der Waals surface area (Å²) in [6, 6.07) is 7.59. The molecule has 0 fully saturated rings. The maximum Gasteiger partial charge on any atom is 0.261 e. The molecule has 3 nitrogen and oxygen atoms in total. The summed E-state index contributed by atoms with van der Waals surface area (Å²) >= 11 is 0. The third-order valence-electron chi connectivity index (χ3n) is 3.11. The van der Waals surface area contributed by atoms with Gasteiger partial charge in [-0.3, -0.25) is 0 Å². The van der Waals surface area contributed by atoms with E-state index in [0.717, 1.165) is 28.8 Å². The van der Waals surface area contributed by atoms with Crippen molar-refractivity contribution in [2.24, 2.45) is 5.92 Å². The largest absolute Gasteiger partial charge is 0.459 e. The Morgan fingerprint density at radius 2 is 2.00 bits per heavy atom. The first-order chi connectivity index (χ1) is 10.1. The maximum atomic E-state index is 12.2. The van der Waals surface area contributed by atoms with E-state index in [2.05, 4.69) is 19.2 Å². The number of alkyl halides is 2. The van der Waals surface area contributed by atoms with Crippen molar-refractivity contribution in [2.75, 3.05) is 13.2 Å². The van der Waals surface area contributed by atoms with Crippen LogP contribution in [0.4, 0.5) is 8.78 Å². The molecule has 0 aliphatic rings. The van der Waals surface area contributed by atoms with Crippen molar-refractivity contribution in [1.82, 2.24) is 5.32 Å². The zero-order valence-electron chi connectivity index (χ0n) is 12.4. The highest BCUT2D eigenvalue weighted by atomic mass is 19.3. The van der Waals surface area contributed by atoms with Gasteiger partial charge in [-0.05, 0) is 18.5 Å². The van der Waals surface area contributed by atoms with Gasteiger partial charge >= 0.3 is 0 Å². The maximum absolute atomic E-state index is 12.2. The Kier molecular flexibility index (Phi) is 5.70. The topological polar surface area (TPSA) is 34.4 Å². The highest BCUT2D eigenvalue weighted by Gasteiger charge is 2.14. The molecule has 0 spiro atoms. The number of hydrogen-bond donors (Lipinski definition) is 1. The number of halogens is 2. The number of rotatable bonds is 8. The van der Waals surface area contributed by atoms with Crippen LogP contribution >= 0.6 is 0 Å². The Morgan fingerprint density at radius 1 is 1.24 bits per heavy atom. The van der Waals surface area contributed by atoms with Crippen LogP contribution in [0, 0.1) is 5.92 Å². The molecule has 5 heteroatoms. The molecule has 1 aromatic heterocycles. The molecule has 116 valence electrons. The predicted molar refractivity (Wildman–Crippen MR) is 78.4 cm³/mol. The summed E-state index contributed by atoms with van der Waals surface area (Å²) < 4.78 is 35.3. The minimum Gasteiger partial charge on any atom is -0.459 e. The van der Waals surface area contributed by atoms with E-state index in [9.17, 15) is 8.78 Å². The second-order valence-electron chi connectivity index (χ2n) is 5.43. The Hall–Kier alpha value is -1.46. The minimum absolute atomic E-state index is 0.139. The zero-order chi connectivity index (χ0) is 15.2. The Bertz CT molecular complexity index is 566. The number of para-hydroxylation sites is 1. The van der Waals surface area contributed by atoms with E-state index in [1.165, 1.54) is 0 Å². The molecule has 1 aromatic carbocycles. The number of benzene rings is 1. The molecule has 0 amide bonds. The van der Waals surface area contributed by atoms with Crippen LogP contribution in [0.25, 0.3) is 11.0 Å². The molecule has 2 rings (SSSR count). The fraction of sp³-hybridized carbons (Fsp3) is 0.500. The lowest BCUT2D eigenvalue weighted by molar-refractivity contribution is 0.00971. The second-order valence-corrected chi connectivity index (χ2v) is 5.43. The summed E-state index contributed by atoms with van der Waals surface area (Å²) in [5, 5.41) is 4.23. The summed E-state index contributed by atoms with van der Waals surface area (Å²) in [6.45, 7) is 5.27. The lowest BCUT2D eigenvalue weighted by Crippen LogP contribution is -2.19. The molecule has 0 atom stereocenters. The van der Waals surface area contributed by atoms with Gasteiger partial charge in [-0.2, -0.15) is 0 Å². The summed E-state index contributed by atoms with van der Waals surface area (Å²) in [4.78, 5) is 0. The highest BCUT2D eigenvalue weighted by Crippen LogP contribution is 2.26. The van der Waals surface area contributed by atoms with E-state index in [-0.39, 0.29) is 6.61 Å². The van der Waals surface area contributed by atoms with Crippen molar-refractivity contribution < 1.29 is 17.9 Å². The lowest BCUT2D eigenvalue weighted by atomic mass is 10.1. The Balaban J connectivity index is 2.13. The van der Waals surface area contributed by atoms with Gasteiger partial charge in [-0.25, -0.2) is 8.78 Å². The van der Waals surface area contributed by atoms with Crippen LogP contribution in [0.1, 0.15) is 25.2 Å². The van der Waals surface area contributed by atoms with Gasteiger partial charge in [0.25, 0.3) is 6.43 Å². The first-order valence-corrected chi connectivity index (χ1v) is 7.13. The van der Waals surface area contributed by atoms with E-state index in [0.29, 0.717) is 12.5 Å². The number of furan rings is 1. The smallest absolute Gasteiger partial charge is 0.261 e. The van der Waals surface area contributed by atoms with E-state index in [4.69, 9.17) is 9.15 Å². The predicted octanol–water partition coefficient (Wildman–Crippen LogP) is 3.96. The first kappa shape index (κ1) is 15.9. The molecule has 0 bridgehead atoms. The third kappa shape index (κ3) is 4.51. The number of nitrogens with one attached hydrogen (secondary N) is 1. The summed E-state index contributed by atoms with van der Waals surface area (Å²) in [5.41, 5.74) is 1.61. The number of hydrogen-bond acceptors (Lipinski definition) is 3. The van der Waals surface area contributed by atoms with Crippen molar-refractivity contribution in [3.63, 3.8) is 0 Å². The van der Waals surface area contributed by atoms with Crippen LogP contribution in [-0.4, -0.2) is 19.6 Å². The minimum atomic E-state index is -2.45. The fourth-order valence-corrected chi connectivity index (χ4v) is 2.17. The number of fused-ring (bicyclic) bond motifs is 1. The second kappa shape index (κ2) is 7.52. The van der Waals surface area contributed by atoms with Gasteiger partial charge in [-0.15, -0.1) is 0 Å². The molecule has 21 heavy (non-hydrogen) atoms. The van der Waals surface area contributed by atoms with E-state index in [1.54, 1.807) is 0 Å². The summed E-state index contributed by atoms with van der Waals surface area (Å²) in [7, 11) is 0. The SMILES string of the molecule is CC(C)CNCc1oc2ccccc2c1COCC(F)F. The van der Waals surface area contributed by atoms with Crippen LogP contribution in [0.2, 0.25) is 0 Å². The molecule has 2 aromatic rings. The van der Waals surface area contributed by atoms with Crippen molar-refractivity contribution in [1.29, 1.82) is 0 Å². The van der Waals surface area contributed by atoms with E-state index in [1.807, 2.05) is 24.3 Å². The average Bonchev–Trinajstić information content (AvgIpc) is 2.76. The average molecular weight is 297 g/mol. The van der Waals surface area contributed by atoms with Crippen molar-refractivity contribution >= 4 is 11.0 Å². The Labute approximate surface area is 123 Å². The first-order valence-electron chi connectivity index (χ1n) is 7.13. The molecule has 0 saturated heterocycles. The van der Waals surface area contributed by atoms with Gasteiger partial charge in [0.1, 0.15) is 18.0 Å². The third-order valence-corrected chi connectivity index (χ3v) is 3.11. The van der Waals surface area contributed by atoms with Crippen LogP contribution in [-0.2, 0) is 17.9 Å². The molecule has 1 N–H and O–H groups in total.